The third-order valence-corrected chi connectivity index (χ3v) is 7.35. The number of piperidine rings is 1. The lowest BCUT2D eigenvalue weighted by atomic mass is 9.85. The SMILES string of the molecule is CCNC(=NCCCN1C(=O)C2C3C=CC(C3)C2C1=O)NCCN1CCCCC1C. The Morgan fingerprint density at radius 1 is 1.10 bits per heavy atom. The van der Waals surface area contributed by atoms with Crippen LogP contribution in [0.5, 0.6) is 0 Å². The smallest absolute Gasteiger partial charge is 0.233 e. The maximum absolute atomic E-state index is 12.7. The van der Waals surface area contributed by atoms with Crippen molar-refractivity contribution in [1.29, 1.82) is 0 Å². The molecule has 5 atom stereocenters. The van der Waals surface area contributed by atoms with E-state index >= 15 is 0 Å². The highest BCUT2D eigenvalue weighted by Gasteiger charge is 2.58. The average Bonchev–Trinajstić information content (AvgIpc) is 3.41. The number of guanidine groups is 1. The van der Waals surface area contributed by atoms with E-state index in [1.807, 2.05) is 0 Å². The summed E-state index contributed by atoms with van der Waals surface area (Å²) in [5.41, 5.74) is 0. The zero-order valence-electron chi connectivity index (χ0n) is 18.5. The molecule has 2 amide bonds. The Morgan fingerprint density at radius 3 is 2.50 bits per heavy atom. The maximum Gasteiger partial charge on any atom is 0.233 e. The Morgan fingerprint density at radius 2 is 1.83 bits per heavy atom. The van der Waals surface area contributed by atoms with Crippen LogP contribution in [-0.4, -0.2) is 72.9 Å². The highest BCUT2D eigenvalue weighted by Crippen LogP contribution is 2.52. The first-order valence-electron chi connectivity index (χ1n) is 11.9. The van der Waals surface area contributed by atoms with Gasteiger partial charge < -0.3 is 10.6 Å². The molecule has 0 aromatic rings. The predicted molar refractivity (Wildman–Crippen MR) is 118 cm³/mol. The normalized spacial score (nSPS) is 33.5. The van der Waals surface area contributed by atoms with E-state index < -0.39 is 0 Å². The number of amides is 2. The van der Waals surface area contributed by atoms with Crippen LogP contribution in [0.25, 0.3) is 0 Å². The van der Waals surface area contributed by atoms with Crippen molar-refractivity contribution in [3.63, 3.8) is 0 Å². The number of nitrogens with zero attached hydrogens (tertiary/aromatic N) is 3. The second kappa shape index (κ2) is 9.50. The van der Waals surface area contributed by atoms with Crippen LogP contribution < -0.4 is 10.6 Å². The van der Waals surface area contributed by atoms with Crippen LogP contribution in [0.2, 0.25) is 0 Å². The lowest BCUT2D eigenvalue weighted by Crippen LogP contribution is -2.45. The summed E-state index contributed by atoms with van der Waals surface area (Å²) in [6, 6.07) is 0.667. The molecule has 2 heterocycles. The molecule has 2 saturated heterocycles. The van der Waals surface area contributed by atoms with E-state index in [0.29, 0.717) is 25.6 Å². The zero-order chi connectivity index (χ0) is 21.1. The summed E-state index contributed by atoms with van der Waals surface area (Å²) in [4.78, 5) is 34.2. The van der Waals surface area contributed by atoms with Crippen LogP contribution >= 0.6 is 0 Å². The molecule has 166 valence electrons. The zero-order valence-corrected chi connectivity index (χ0v) is 18.5. The van der Waals surface area contributed by atoms with E-state index in [1.54, 1.807) is 0 Å². The van der Waals surface area contributed by atoms with Crippen molar-refractivity contribution in [2.24, 2.45) is 28.7 Å². The van der Waals surface area contributed by atoms with Gasteiger partial charge in [0.15, 0.2) is 5.96 Å². The van der Waals surface area contributed by atoms with Crippen LogP contribution in [0.1, 0.15) is 46.0 Å². The Kier molecular flexibility index (Phi) is 6.76. The minimum Gasteiger partial charge on any atom is -0.357 e. The van der Waals surface area contributed by atoms with Gasteiger partial charge in [0.2, 0.25) is 11.8 Å². The highest BCUT2D eigenvalue weighted by molar-refractivity contribution is 6.06. The summed E-state index contributed by atoms with van der Waals surface area (Å²) in [6.07, 6.45) is 9.91. The van der Waals surface area contributed by atoms with Gasteiger partial charge in [-0.15, -0.1) is 0 Å². The molecule has 0 aromatic carbocycles. The van der Waals surface area contributed by atoms with Crippen LogP contribution in [-0.2, 0) is 9.59 Å². The van der Waals surface area contributed by atoms with Gasteiger partial charge in [-0.1, -0.05) is 18.6 Å². The quantitative estimate of drug-likeness (QED) is 0.207. The third-order valence-electron chi connectivity index (χ3n) is 7.35. The molecular weight excluding hydrogens is 378 g/mol. The van der Waals surface area contributed by atoms with Gasteiger partial charge in [-0.2, -0.15) is 0 Å². The van der Waals surface area contributed by atoms with Gasteiger partial charge >= 0.3 is 0 Å². The molecule has 7 nitrogen and oxygen atoms in total. The number of likely N-dealkylation sites (tertiary alicyclic amines) is 2. The Bertz CT molecular complexity index is 676. The molecule has 2 bridgehead atoms. The van der Waals surface area contributed by atoms with Crippen molar-refractivity contribution in [1.82, 2.24) is 20.4 Å². The summed E-state index contributed by atoms with van der Waals surface area (Å²) >= 11 is 0. The molecule has 4 rings (SSSR count). The predicted octanol–water partition coefficient (Wildman–Crippen LogP) is 1.61. The van der Waals surface area contributed by atoms with Crippen molar-refractivity contribution < 1.29 is 9.59 Å². The molecule has 0 spiro atoms. The molecule has 0 radical (unpaired) electrons. The van der Waals surface area contributed by atoms with Gasteiger partial charge in [-0.3, -0.25) is 24.4 Å². The maximum atomic E-state index is 12.7. The molecule has 5 unspecified atom stereocenters. The number of rotatable bonds is 8. The van der Waals surface area contributed by atoms with Crippen molar-refractivity contribution in [3.05, 3.63) is 12.2 Å². The summed E-state index contributed by atoms with van der Waals surface area (Å²) in [5, 5.41) is 6.72. The van der Waals surface area contributed by atoms with Gasteiger partial charge in [0.05, 0.1) is 11.8 Å². The van der Waals surface area contributed by atoms with E-state index in [1.165, 1.54) is 30.7 Å². The molecule has 2 aliphatic carbocycles. The fourth-order valence-corrected chi connectivity index (χ4v) is 5.75. The first-order valence-corrected chi connectivity index (χ1v) is 11.9. The van der Waals surface area contributed by atoms with E-state index in [-0.39, 0.29) is 35.5 Å². The molecule has 0 aromatic heterocycles. The number of allylic oxidation sites excluding steroid dienone is 2. The van der Waals surface area contributed by atoms with E-state index in [2.05, 4.69) is 46.5 Å². The van der Waals surface area contributed by atoms with E-state index in [9.17, 15) is 9.59 Å². The third kappa shape index (κ3) is 4.27. The van der Waals surface area contributed by atoms with Crippen molar-refractivity contribution in [3.8, 4) is 0 Å². The first-order chi connectivity index (χ1) is 14.6. The second-order valence-electron chi connectivity index (χ2n) is 9.25. The largest absolute Gasteiger partial charge is 0.357 e. The number of carbonyl (C=O) groups excluding carboxylic acids is 2. The summed E-state index contributed by atoms with van der Waals surface area (Å²) in [5.74, 6) is 1.30. The molecular formula is C23H37N5O2. The Labute approximate surface area is 180 Å². The standard InChI is InChI=1S/C23H37N5O2/c1-3-24-23(26-11-14-27-12-5-4-7-16(27)2)25-10-6-13-28-21(29)19-17-8-9-18(15-17)20(19)22(28)30/h8-9,16-20H,3-7,10-15H2,1-2H3,(H2,24,25,26). The minimum atomic E-state index is -0.0906. The minimum absolute atomic E-state index is 0.0477. The van der Waals surface area contributed by atoms with Gasteiger partial charge in [0, 0.05) is 38.8 Å². The first kappa shape index (κ1) is 21.3. The van der Waals surface area contributed by atoms with Crippen molar-refractivity contribution in [2.45, 2.75) is 52.0 Å². The van der Waals surface area contributed by atoms with E-state index in [0.717, 1.165) is 32.0 Å². The Balaban J connectivity index is 1.21. The lowest BCUT2D eigenvalue weighted by molar-refractivity contribution is -0.140. The van der Waals surface area contributed by atoms with Crippen LogP contribution in [0, 0.1) is 23.7 Å². The van der Waals surface area contributed by atoms with Crippen molar-refractivity contribution in [2.75, 3.05) is 39.3 Å². The number of hydrogen-bond donors (Lipinski definition) is 2. The van der Waals surface area contributed by atoms with Crippen LogP contribution in [0.15, 0.2) is 17.1 Å². The number of aliphatic imine (C=N–C) groups is 1. The van der Waals surface area contributed by atoms with Crippen LogP contribution in [0.3, 0.4) is 0 Å². The lowest BCUT2D eigenvalue weighted by Gasteiger charge is -2.33. The molecule has 2 N–H and O–H groups in total. The topological polar surface area (TPSA) is 77.0 Å². The van der Waals surface area contributed by atoms with Gasteiger partial charge in [0.25, 0.3) is 0 Å². The second-order valence-corrected chi connectivity index (χ2v) is 9.25. The number of nitrogens with one attached hydrogen (secondary N) is 2. The fraction of sp³-hybridized carbons (Fsp3) is 0.783. The fourth-order valence-electron chi connectivity index (χ4n) is 5.75. The molecule has 3 fully saturated rings. The van der Waals surface area contributed by atoms with Crippen molar-refractivity contribution >= 4 is 17.8 Å². The summed E-state index contributed by atoms with van der Waals surface area (Å²) in [7, 11) is 0. The van der Waals surface area contributed by atoms with Crippen LogP contribution in [0.4, 0.5) is 0 Å². The van der Waals surface area contributed by atoms with Gasteiger partial charge in [0.1, 0.15) is 0 Å². The van der Waals surface area contributed by atoms with Gasteiger partial charge in [-0.25, -0.2) is 0 Å². The summed E-state index contributed by atoms with van der Waals surface area (Å²) < 4.78 is 0. The monoisotopic (exact) mass is 415 g/mol. The Hall–Kier alpha value is -1.89. The molecule has 1 saturated carbocycles. The average molecular weight is 416 g/mol. The highest BCUT2D eigenvalue weighted by atomic mass is 16.2. The number of imide groups is 1. The van der Waals surface area contributed by atoms with E-state index in [4.69, 9.17) is 0 Å². The number of carbonyl (C=O) groups is 2. The molecule has 4 aliphatic rings. The molecule has 30 heavy (non-hydrogen) atoms. The molecule has 2 aliphatic heterocycles. The van der Waals surface area contributed by atoms with Gasteiger partial charge in [-0.05, 0) is 57.9 Å². The number of hydrogen-bond acceptors (Lipinski definition) is 4. The number of fused-ring (bicyclic) bond motifs is 5. The summed E-state index contributed by atoms with van der Waals surface area (Å²) in [6.45, 7) is 9.37. The molecule has 7 heteroatoms.